The van der Waals surface area contributed by atoms with Crippen LogP contribution in [0.5, 0.6) is 0 Å². The van der Waals surface area contributed by atoms with Crippen LogP contribution in [0.15, 0.2) is 53.1 Å². The van der Waals surface area contributed by atoms with Crippen molar-refractivity contribution in [3.8, 4) is 0 Å². The minimum Gasteiger partial charge on any atom is -0.362 e. The molecule has 7 heteroatoms. The second-order valence-corrected chi connectivity index (χ2v) is 9.02. The summed E-state index contributed by atoms with van der Waals surface area (Å²) in [5, 5.41) is 0.491. The van der Waals surface area contributed by atoms with E-state index < -0.39 is 16.1 Å². The van der Waals surface area contributed by atoms with Gasteiger partial charge in [0.05, 0.1) is 10.9 Å². The summed E-state index contributed by atoms with van der Waals surface area (Å²) in [7, 11) is -3.70. The summed E-state index contributed by atoms with van der Waals surface area (Å²) in [6, 6.07) is 9.24. The Kier molecular flexibility index (Phi) is 4.50. The molecule has 2 saturated heterocycles. The quantitative estimate of drug-likeness (QED) is 0.813. The Hall–Kier alpha value is -1.89. The van der Waals surface area contributed by atoms with E-state index in [2.05, 4.69) is 4.98 Å². The van der Waals surface area contributed by atoms with Crippen molar-refractivity contribution < 1.29 is 13.2 Å². The summed E-state index contributed by atoms with van der Waals surface area (Å²) >= 11 is 5.90. The molecule has 2 aliphatic heterocycles. The molecule has 2 fully saturated rings. The first-order valence-corrected chi connectivity index (χ1v) is 10.5. The van der Waals surface area contributed by atoms with E-state index in [1.54, 1.807) is 28.7 Å². The van der Waals surface area contributed by atoms with Gasteiger partial charge in [0.25, 0.3) is 0 Å². The number of H-pyrrole nitrogens is 1. The third-order valence-electron chi connectivity index (χ3n) is 5.11. The molecule has 1 aromatic carbocycles. The van der Waals surface area contributed by atoms with Gasteiger partial charge in [-0.25, -0.2) is 8.42 Å². The van der Waals surface area contributed by atoms with Crippen LogP contribution in [0.1, 0.15) is 31.4 Å². The molecule has 5 nitrogen and oxygen atoms in total. The van der Waals surface area contributed by atoms with Crippen LogP contribution in [-0.4, -0.2) is 35.6 Å². The van der Waals surface area contributed by atoms with Crippen molar-refractivity contribution in [2.45, 2.75) is 42.7 Å². The van der Waals surface area contributed by atoms with Gasteiger partial charge in [0.15, 0.2) is 5.78 Å². The van der Waals surface area contributed by atoms with Crippen LogP contribution in [0.4, 0.5) is 0 Å². The normalized spacial score (nSPS) is 25.6. The summed E-state index contributed by atoms with van der Waals surface area (Å²) in [5.74, 6) is 0.0388. The number of halogens is 1. The van der Waals surface area contributed by atoms with Crippen molar-refractivity contribution in [3.63, 3.8) is 0 Å². The molecule has 0 aliphatic carbocycles. The second-order valence-electron chi connectivity index (χ2n) is 6.74. The second kappa shape index (κ2) is 6.68. The van der Waals surface area contributed by atoms with Gasteiger partial charge in [-0.15, -0.1) is 0 Å². The molecule has 2 aromatic rings. The first kappa shape index (κ1) is 17.5. The summed E-state index contributed by atoms with van der Waals surface area (Å²) < 4.78 is 28.2. The lowest BCUT2D eigenvalue weighted by Crippen LogP contribution is -2.55. The number of hydrogen-bond donors (Lipinski definition) is 1. The highest BCUT2D eigenvalue weighted by Crippen LogP contribution is 2.40. The molecule has 0 amide bonds. The van der Waals surface area contributed by atoms with Crippen LogP contribution < -0.4 is 0 Å². The highest BCUT2D eigenvalue weighted by molar-refractivity contribution is 7.89. The lowest BCUT2D eigenvalue weighted by Gasteiger charge is -2.45. The number of sulfonamides is 1. The van der Waals surface area contributed by atoms with Gasteiger partial charge in [-0.2, -0.15) is 4.31 Å². The molecular formula is C19H19ClN2O3S. The fraction of sp³-hybridized carbons (Fsp3) is 0.316. The van der Waals surface area contributed by atoms with Crippen molar-refractivity contribution >= 4 is 33.5 Å². The van der Waals surface area contributed by atoms with Crippen molar-refractivity contribution in [2.24, 2.45) is 0 Å². The van der Waals surface area contributed by atoms with Gasteiger partial charge in [0, 0.05) is 34.9 Å². The van der Waals surface area contributed by atoms with Gasteiger partial charge in [0.2, 0.25) is 10.0 Å². The Bertz CT molecular complexity index is 949. The zero-order chi connectivity index (χ0) is 18.3. The zero-order valence-electron chi connectivity index (χ0n) is 14.1. The SMILES string of the molecule is O=C1CC2CCCC(C1=Cc1ccc[nH]1)N2S(=O)(=O)c1ccc(Cl)cc1. The van der Waals surface area contributed by atoms with Crippen LogP contribution in [0.25, 0.3) is 6.08 Å². The molecule has 2 bridgehead atoms. The van der Waals surface area contributed by atoms with Crippen molar-refractivity contribution in [1.29, 1.82) is 0 Å². The first-order valence-electron chi connectivity index (χ1n) is 8.64. The van der Waals surface area contributed by atoms with Crippen LogP contribution in [-0.2, 0) is 14.8 Å². The van der Waals surface area contributed by atoms with E-state index in [1.165, 1.54) is 12.1 Å². The smallest absolute Gasteiger partial charge is 0.243 e. The number of benzene rings is 1. The number of rotatable bonds is 3. The van der Waals surface area contributed by atoms with Gasteiger partial charge < -0.3 is 4.98 Å². The molecule has 0 spiro atoms. The lowest BCUT2D eigenvalue weighted by molar-refractivity contribution is -0.119. The zero-order valence-corrected chi connectivity index (χ0v) is 15.6. The largest absolute Gasteiger partial charge is 0.362 e. The minimum absolute atomic E-state index is 0.0388. The maximum absolute atomic E-state index is 13.3. The summed E-state index contributed by atoms with van der Waals surface area (Å²) in [4.78, 5) is 15.9. The number of ketones is 1. The standard InChI is InChI=1S/C19H19ClN2O3S/c20-13-6-8-16(9-7-13)26(24,25)22-15-4-1-5-18(22)17(19(23)12-15)11-14-3-2-10-21-14/h2-3,6-11,15,18,21H,1,4-5,12H2. The fourth-order valence-electron chi connectivity index (χ4n) is 3.93. The molecule has 0 saturated carbocycles. The van der Waals surface area contributed by atoms with Gasteiger partial charge >= 0.3 is 0 Å². The Labute approximate surface area is 157 Å². The molecule has 26 heavy (non-hydrogen) atoms. The fourth-order valence-corrected chi connectivity index (χ4v) is 5.90. The molecule has 2 atom stereocenters. The van der Waals surface area contributed by atoms with E-state index in [-0.39, 0.29) is 23.1 Å². The van der Waals surface area contributed by atoms with Crippen LogP contribution in [0, 0.1) is 0 Å². The Morgan fingerprint density at radius 1 is 1.15 bits per heavy atom. The highest BCUT2D eigenvalue weighted by atomic mass is 35.5. The van der Waals surface area contributed by atoms with Gasteiger partial charge in [-0.05, 0) is 61.7 Å². The number of nitrogens with zero attached hydrogens (tertiary/aromatic N) is 1. The van der Waals surface area contributed by atoms with Crippen molar-refractivity contribution in [2.75, 3.05) is 0 Å². The predicted octanol–water partition coefficient (Wildman–Crippen LogP) is 3.64. The third-order valence-corrected chi connectivity index (χ3v) is 7.33. The summed E-state index contributed by atoms with van der Waals surface area (Å²) in [6.07, 6.45) is 6.09. The molecule has 1 N–H and O–H groups in total. The highest BCUT2D eigenvalue weighted by Gasteiger charge is 2.47. The number of hydrogen-bond acceptors (Lipinski definition) is 3. The number of carbonyl (C=O) groups excluding carboxylic acids is 1. The summed E-state index contributed by atoms with van der Waals surface area (Å²) in [6.45, 7) is 0. The van der Waals surface area contributed by atoms with Crippen molar-refractivity contribution in [3.05, 3.63) is 58.9 Å². The van der Waals surface area contributed by atoms with Crippen LogP contribution in [0.3, 0.4) is 0 Å². The number of fused-ring (bicyclic) bond motifs is 2. The lowest BCUT2D eigenvalue weighted by atomic mass is 9.82. The Balaban J connectivity index is 1.77. The molecule has 4 rings (SSSR count). The average Bonchev–Trinajstić information content (AvgIpc) is 3.12. The topological polar surface area (TPSA) is 70.2 Å². The number of nitrogens with one attached hydrogen (secondary N) is 1. The molecule has 1 aromatic heterocycles. The van der Waals surface area contributed by atoms with E-state index in [0.29, 0.717) is 23.4 Å². The molecule has 2 aliphatic rings. The van der Waals surface area contributed by atoms with E-state index in [1.807, 2.05) is 12.1 Å². The average molecular weight is 391 g/mol. The number of aromatic amines is 1. The van der Waals surface area contributed by atoms with Gasteiger partial charge in [0.1, 0.15) is 0 Å². The Morgan fingerprint density at radius 3 is 2.62 bits per heavy atom. The maximum atomic E-state index is 13.3. The molecule has 2 unspecified atom stereocenters. The molecular weight excluding hydrogens is 372 g/mol. The first-order chi connectivity index (χ1) is 12.5. The van der Waals surface area contributed by atoms with Crippen molar-refractivity contribution in [1.82, 2.24) is 9.29 Å². The van der Waals surface area contributed by atoms with E-state index >= 15 is 0 Å². The minimum atomic E-state index is -3.70. The number of carbonyl (C=O) groups is 1. The summed E-state index contributed by atoms with van der Waals surface area (Å²) in [5.41, 5.74) is 1.38. The van der Waals surface area contributed by atoms with E-state index in [0.717, 1.165) is 12.1 Å². The van der Waals surface area contributed by atoms with E-state index in [4.69, 9.17) is 11.6 Å². The number of Topliss-reactive ketones (excluding diaryl/α,β-unsaturated/α-hetero) is 1. The third kappa shape index (κ3) is 3.02. The molecule has 136 valence electrons. The monoisotopic (exact) mass is 390 g/mol. The number of aromatic nitrogens is 1. The van der Waals surface area contributed by atoms with Crippen LogP contribution >= 0.6 is 11.6 Å². The van der Waals surface area contributed by atoms with Crippen LogP contribution in [0.2, 0.25) is 5.02 Å². The molecule has 0 radical (unpaired) electrons. The maximum Gasteiger partial charge on any atom is 0.243 e. The Morgan fingerprint density at radius 2 is 1.92 bits per heavy atom. The van der Waals surface area contributed by atoms with Gasteiger partial charge in [-0.1, -0.05) is 11.6 Å². The predicted molar refractivity (Wildman–Crippen MR) is 100 cm³/mol. The van der Waals surface area contributed by atoms with E-state index in [9.17, 15) is 13.2 Å². The van der Waals surface area contributed by atoms with Gasteiger partial charge in [-0.3, -0.25) is 4.79 Å². The number of piperidine rings is 2. The molecule has 3 heterocycles.